The number of fused-ring (bicyclic) bond motifs is 1. The number of aliphatic hydroxyl groups is 3. The summed E-state index contributed by atoms with van der Waals surface area (Å²) in [5, 5.41) is 42.4. The Balaban J connectivity index is 1.74. The molecule has 5 rings (SSSR count). The van der Waals surface area contributed by atoms with Gasteiger partial charge in [0.2, 0.25) is 0 Å². The Bertz CT molecular complexity index is 1340. The fraction of sp³-hybridized carbons (Fsp3) is 0.400. The first-order valence-electron chi connectivity index (χ1n) is 10.1. The third kappa shape index (κ3) is 3.66. The van der Waals surface area contributed by atoms with Crippen molar-refractivity contribution in [3.8, 4) is 5.69 Å². The minimum atomic E-state index is -2.09. The zero-order valence-corrected chi connectivity index (χ0v) is 20.5. The van der Waals surface area contributed by atoms with Gasteiger partial charge in [0.25, 0.3) is 0 Å². The van der Waals surface area contributed by atoms with Crippen LogP contribution in [0.15, 0.2) is 24.5 Å². The highest BCUT2D eigenvalue weighted by molar-refractivity contribution is 14.1. The van der Waals surface area contributed by atoms with Crippen molar-refractivity contribution in [2.45, 2.75) is 37.7 Å². The normalized spacial score (nSPS) is 25.7. The number of benzene rings is 1. The van der Waals surface area contributed by atoms with Crippen LogP contribution in [0, 0.1) is 23.2 Å². The van der Waals surface area contributed by atoms with E-state index in [1.165, 1.54) is 26.8 Å². The summed E-state index contributed by atoms with van der Waals surface area (Å²) in [6.07, 6.45) is 0.870. The third-order valence-electron chi connectivity index (χ3n) is 5.66. The summed E-state index contributed by atoms with van der Waals surface area (Å²) < 4.78 is 25.0. The molecular weight excluding hydrogens is 566 g/mol. The monoisotopic (exact) mass is 586 g/mol. The number of halogens is 2. The van der Waals surface area contributed by atoms with E-state index in [0.717, 1.165) is 13.3 Å². The first-order valence-corrected chi connectivity index (χ1v) is 12.0. The smallest absolute Gasteiger partial charge is 0.177 e. The van der Waals surface area contributed by atoms with Gasteiger partial charge in [-0.2, -0.15) is 10.2 Å². The van der Waals surface area contributed by atoms with E-state index in [-0.39, 0.29) is 23.9 Å². The molecule has 0 aliphatic carbocycles. The molecule has 3 aromatic heterocycles. The van der Waals surface area contributed by atoms with Crippen LogP contribution in [0.5, 0.6) is 0 Å². The highest BCUT2D eigenvalue weighted by Gasteiger charge is 2.57. The fourth-order valence-corrected chi connectivity index (χ4v) is 5.54. The summed E-state index contributed by atoms with van der Waals surface area (Å²) >= 11 is 3.47. The number of aromatic nitrogens is 6. The molecule has 0 radical (unpaired) electrons. The zero-order chi connectivity index (χ0) is 23.5. The number of aliphatic hydroxyl groups excluding tert-OH is 2. The van der Waals surface area contributed by atoms with Crippen molar-refractivity contribution in [1.82, 2.24) is 29.5 Å². The minimum Gasteiger partial charge on any atom is -0.394 e. The first kappa shape index (κ1) is 22.7. The quantitative estimate of drug-likeness (QED) is 0.308. The third-order valence-corrected chi connectivity index (χ3v) is 7.15. The van der Waals surface area contributed by atoms with E-state index in [2.05, 4.69) is 42.8 Å². The molecule has 4 heterocycles. The van der Waals surface area contributed by atoms with Crippen molar-refractivity contribution in [3.63, 3.8) is 0 Å². The Hall–Kier alpha value is -2.04. The molecule has 1 saturated heterocycles. The van der Waals surface area contributed by atoms with Gasteiger partial charge in [-0.05, 0) is 42.5 Å². The van der Waals surface area contributed by atoms with Crippen molar-refractivity contribution in [1.29, 1.82) is 0 Å². The summed E-state index contributed by atoms with van der Waals surface area (Å²) in [6.45, 7) is 2.73. The lowest BCUT2D eigenvalue weighted by atomic mass is 9.81. The summed E-state index contributed by atoms with van der Waals surface area (Å²) in [6, 6.07) is 1.82. The van der Waals surface area contributed by atoms with Gasteiger partial charge in [0.05, 0.1) is 38.2 Å². The van der Waals surface area contributed by atoms with Gasteiger partial charge in [-0.25, -0.2) is 19.0 Å². The van der Waals surface area contributed by atoms with Crippen LogP contribution < -0.4 is 0 Å². The number of hydrogen-bond donors (Lipinski definition) is 3. The molecule has 1 aliphatic rings. The molecule has 0 spiro atoms. The number of rotatable bonds is 4. The predicted octanol–water partition coefficient (Wildman–Crippen LogP) is 1.61. The predicted molar refractivity (Wildman–Crippen MR) is 125 cm³/mol. The summed E-state index contributed by atoms with van der Waals surface area (Å²) in [7, 11) is 0. The lowest BCUT2D eigenvalue weighted by Crippen LogP contribution is -2.60. The molecule has 13 heteroatoms. The molecule has 0 amide bonds. The summed E-state index contributed by atoms with van der Waals surface area (Å²) in [5.41, 5.74) is -1.52. The van der Waals surface area contributed by atoms with Crippen molar-refractivity contribution in [3.05, 3.63) is 50.6 Å². The number of hydrogen-bond acceptors (Lipinski definition) is 9. The molecule has 10 nitrogen and oxygen atoms in total. The van der Waals surface area contributed by atoms with E-state index in [0.29, 0.717) is 5.52 Å². The van der Waals surface area contributed by atoms with E-state index in [9.17, 15) is 15.3 Å². The molecule has 0 bridgehead atoms. The van der Waals surface area contributed by atoms with Gasteiger partial charge < -0.3 is 20.1 Å². The average molecular weight is 586 g/mol. The molecule has 3 N–H and O–H groups in total. The Morgan fingerprint density at radius 1 is 1.33 bits per heavy atom. The van der Waals surface area contributed by atoms with Crippen molar-refractivity contribution >= 4 is 44.1 Å². The van der Waals surface area contributed by atoms with Crippen LogP contribution in [-0.4, -0.2) is 70.3 Å². The van der Waals surface area contributed by atoms with Crippen LogP contribution in [-0.2, 0) is 10.3 Å². The standard InChI is InChI=1S/C20H20FIN6O4S/c1-9-24-19(28(26-9)14-4-16-13(3-12(14)21)25-10(2)33-16)20(31)17(7-29)32-8-15(30)18(20)27-6-11(22)5-23-27/h3-6,15,17-18,29-31H,7-8H2,1-2H3/t15-,17+,18+,20?/m1/s1. The highest BCUT2D eigenvalue weighted by atomic mass is 127. The maximum atomic E-state index is 15.2. The highest BCUT2D eigenvalue weighted by Crippen LogP contribution is 2.43. The van der Waals surface area contributed by atoms with Crippen LogP contribution >= 0.6 is 33.9 Å². The largest absolute Gasteiger partial charge is 0.394 e. The summed E-state index contributed by atoms with van der Waals surface area (Å²) in [4.78, 5) is 8.72. The van der Waals surface area contributed by atoms with E-state index in [4.69, 9.17) is 4.74 Å². The van der Waals surface area contributed by atoms with Crippen LogP contribution in [0.2, 0.25) is 0 Å². The number of ether oxygens (including phenoxy) is 1. The Labute approximate surface area is 204 Å². The van der Waals surface area contributed by atoms with Crippen molar-refractivity contribution in [2.75, 3.05) is 13.2 Å². The Morgan fingerprint density at radius 2 is 2.12 bits per heavy atom. The van der Waals surface area contributed by atoms with Gasteiger partial charge in [0, 0.05) is 12.3 Å². The average Bonchev–Trinajstić information content (AvgIpc) is 3.45. The maximum absolute atomic E-state index is 15.2. The van der Waals surface area contributed by atoms with Gasteiger partial charge in [0.1, 0.15) is 29.8 Å². The van der Waals surface area contributed by atoms with Gasteiger partial charge in [-0.3, -0.25) is 4.68 Å². The Morgan fingerprint density at radius 3 is 2.82 bits per heavy atom. The molecule has 1 fully saturated rings. The van der Waals surface area contributed by atoms with Crippen LogP contribution in [0.3, 0.4) is 0 Å². The first-order chi connectivity index (χ1) is 15.7. The van der Waals surface area contributed by atoms with Crippen molar-refractivity contribution in [2.24, 2.45) is 0 Å². The minimum absolute atomic E-state index is 0.0562. The molecular formula is C20H20FIN6O4S. The second kappa shape index (κ2) is 8.32. The molecule has 1 aromatic carbocycles. The van der Waals surface area contributed by atoms with Gasteiger partial charge in [0.15, 0.2) is 17.2 Å². The summed E-state index contributed by atoms with van der Waals surface area (Å²) in [5.74, 6) is -0.415. The molecule has 33 heavy (non-hydrogen) atoms. The van der Waals surface area contributed by atoms with Crippen LogP contribution in [0.1, 0.15) is 22.7 Å². The van der Waals surface area contributed by atoms with E-state index >= 15 is 4.39 Å². The van der Waals surface area contributed by atoms with E-state index in [1.54, 1.807) is 25.4 Å². The molecule has 4 atom stereocenters. The molecule has 0 saturated carbocycles. The zero-order valence-electron chi connectivity index (χ0n) is 17.6. The topological polar surface area (TPSA) is 131 Å². The molecule has 1 unspecified atom stereocenters. The maximum Gasteiger partial charge on any atom is 0.177 e. The van der Waals surface area contributed by atoms with Crippen LogP contribution in [0.4, 0.5) is 4.39 Å². The number of aryl methyl sites for hydroxylation is 2. The number of thiazole rings is 1. The van der Waals surface area contributed by atoms with E-state index in [1.807, 2.05) is 6.92 Å². The SMILES string of the molecule is Cc1nc(C2(O)[C@H](CO)OC[C@@H](O)[C@@H]2n2cc(I)cn2)n(-c2cc3sc(C)nc3cc2F)n1. The number of nitrogens with zero attached hydrogens (tertiary/aromatic N) is 6. The van der Waals surface area contributed by atoms with Gasteiger partial charge in [-0.15, -0.1) is 11.3 Å². The second-order valence-electron chi connectivity index (χ2n) is 7.88. The second-order valence-corrected chi connectivity index (χ2v) is 10.4. The molecule has 4 aromatic rings. The fourth-order valence-electron chi connectivity index (χ4n) is 4.29. The van der Waals surface area contributed by atoms with Gasteiger partial charge in [-0.1, -0.05) is 0 Å². The molecule has 174 valence electrons. The van der Waals surface area contributed by atoms with Crippen LogP contribution in [0.25, 0.3) is 15.9 Å². The molecule has 1 aliphatic heterocycles. The lowest BCUT2D eigenvalue weighted by Gasteiger charge is -2.46. The van der Waals surface area contributed by atoms with Gasteiger partial charge >= 0.3 is 0 Å². The van der Waals surface area contributed by atoms with Crippen molar-refractivity contribution < 1.29 is 24.4 Å². The lowest BCUT2D eigenvalue weighted by molar-refractivity contribution is -0.232. The van der Waals surface area contributed by atoms with E-state index < -0.39 is 36.3 Å². The Kier molecular flexibility index (Phi) is 5.73.